The van der Waals surface area contributed by atoms with Crippen LogP contribution in [0.25, 0.3) is 0 Å². The van der Waals surface area contributed by atoms with Crippen molar-refractivity contribution >= 4 is 11.6 Å². The van der Waals surface area contributed by atoms with E-state index in [0.717, 1.165) is 24.9 Å². The lowest BCUT2D eigenvalue weighted by atomic mass is 10.1. The van der Waals surface area contributed by atoms with Gasteiger partial charge in [0.15, 0.2) is 0 Å². The van der Waals surface area contributed by atoms with Gasteiger partial charge in [-0.3, -0.25) is 4.79 Å². The number of hydrogen-bond donors (Lipinski definition) is 2. The van der Waals surface area contributed by atoms with Gasteiger partial charge < -0.3 is 16.0 Å². The van der Waals surface area contributed by atoms with Gasteiger partial charge in [-0.25, -0.2) is 4.39 Å². The van der Waals surface area contributed by atoms with Crippen molar-refractivity contribution in [2.24, 2.45) is 5.73 Å². The molecule has 0 aliphatic rings. The summed E-state index contributed by atoms with van der Waals surface area (Å²) in [6.07, 6.45) is 1.88. The van der Waals surface area contributed by atoms with Gasteiger partial charge in [0.05, 0.1) is 12.2 Å². The predicted molar refractivity (Wildman–Crippen MR) is 80.1 cm³/mol. The maximum atomic E-state index is 14.2. The van der Waals surface area contributed by atoms with Crippen LogP contribution in [0.15, 0.2) is 18.2 Å². The van der Waals surface area contributed by atoms with Gasteiger partial charge in [-0.1, -0.05) is 26.3 Å². The van der Waals surface area contributed by atoms with Crippen molar-refractivity contribution in [3.63, 3.8) is 0 Å². The summed E-state index contributed by atoms with van der Waals surface area (Å²) < 4.78 is 14.2. The SMILES string of the molecule is CCCCN(CC(N)=O)c1ccc(CNCC)cc1F. The quantitative estimate of drug-likeness (QED) is 0.728. The van der Waals surface area contributed by atoms with Crippen LogP contribution in [0.4, 0.5) is 10.1 Å². The number of unbranched alkanes of at least 4 members (excludes halogenated alkanes) is 1. The number of benzene rings is 1. The Balaban J connectivity index is 2.86. The molecule has 0 aliphatic carbocycles. The molecule has 0 aromatic heterocycles. The van der Waals surface area contributed by atoms with E-state index in [-0.39, 0.29) is 12.4 Å². The summed E-state index contributed by atoms with van der Waals surface area (Å²) in [6, 6.07) is 5.11. The van der Waals surface area contributed by atoms with Crippen LogP contribution in [-0.4, -0.2) is 25.5 Å². The fourth-order valence-electron chi connectivity index (χ4n) is 2.01. The second-order valence-electron chi connectivity index (χ2n) is 4.81. The molecule has 1 rings (SSSR count). The van der Waals surface area contributed by atoms with E-state index in [4.69, 9.17) is 5.73 Å². The number of primary amides is 1. The van der Waals surface area contributed by atoms with E-state index in [9.17, 15) is 9.18 Å². The van der Waals surface area contributed by atoms with Gasteiger partial charge in [-0.2, -0.15) is 0 Å². The van der Waals surface area contributed by atoms with Crippen LogP contribution in [0.3, 0.4) is 0 Å². The first kappa shape index (κ1) is 16.4. The number of nitrogens with two attached hydrogens (primary N) is 1. The highest BCUT2D eigenvalue weighted by Crippen LogP contribution is 2.21. The normalized spacial score (nSPS) is 10.6. The number of carbonyl (C=O) groups is 1. The molecule has 0 spiro atoms. The Kier molecular flexibility index (Phi) is 7.01. The molecule has 5 heteroatoms. The van der Waals surface area contributed by atoms with Gasteiger partial charge in [0.1, 0.15) is 5.82 Å². The highest BCUT2D eigenvalue weighted by Gasteiger charge is 2.13. The van der Waals surface area contributed by atoms with E-state index in [2.05, 4.69) is 12.2 Å². The zero-order valence-electron chi connectivity index (χ0n) is 12.3. The van der Waals surface area contributed by atoms with Crippen molar-refractivity contribution < 1.29 is 9.18 Å². The zero-order valence-corrected chi connectivity index (χ0v) is 12.3. The molecule has 0 bridgehead atoms. The van der Waals surface area contributed by atoms with Gasteiger partial charge >= 0.3 is 0 Å². The van der Waals surface area contributed by atoms with E-state index in [1.807, 2.05) is 13.0 Å². The number of nitrogens with one attached hydrogen (secondary N) is 1. The van der Waals surface area contributed by atoms with E-state index in [1.165, 1.54) is 6.07 Å². The molecule has 20 heavy (non-hydrogen) atoms. The van der Waals surface area contributed by atoms with Crippen molar-refractivity contribution in [2.45, 2.75) is 33.2 Å². The lowest BCUT2D eigenvalue weighted by Crippen LogP contribution is -2.35. The standard InChI is InChI=1S/C15H24FN3O/c1-3-5-8-19(11-15(17)20)14-7-6-12(9-13(14)16)10-18-4-2/h6-7,9,18H,3-5,8,10-11H2,1-2H3,(H2,17,20). The molecule has 4 nitrogen and oxygen atoms in total. The minimum atomic E-state index is -0.447. The van der Waals surface area contributed by atoms with E-state index < -0.39 is 5.91 Å². The molecule has 1 aromatic carbocycles. The van der Waals surface area contributed by atoms with Gasteiger partial charge in [0.2, 0.25) is 5.91 Å². The number of rotatable bonds is 9. The Morgan fingerprint density at radius 2 is 2.15 bits per heavy atom. The molecule has 1 aromatic rings. The minimum absolute atomic E-state index is 0.0451. The summed E-state index contributed by atoms with van der Waals surface area (Å²) in [5, 5.41) is 3.15. The molecule has 112 valence electrons. The number of nitrogens with zero attached hydrogens (tertiary/aromatic N) is 1. The van der Waals surface area contributed by atoms with E-state index in [1.54, 1.807) is 11.0 Å². The van der Waals surface area contributed by atoms with Crippen molar-refractivity contribution in [1.29, 1.82) is 0 Å². The molecule has 3 N–H and O–H groups in total. The number of halogens is 1. The first-order chi connectivity index (χ1) is 9.58. The fourth-order valence-corrected chi connectivity index (χ4v) is 2.01. The first-order valence-corrected chi connectivity index (χ1v) is 7.10. The van der Waals surface area contributed by atoms with Crippen molar-refractivity contribution in [1.82, 2.24) is 5.32 Å². The smallest absolute Gasteiger partial charge is 0.236 e. The van der Waals surface area contributed by atoms with Gasteiger partial charge in [-0.05, 0) is 30.7 Å². The monoisotopic (exact) mass is 281 g/mol. The summed E-state index contributed by atoms with van der Waals surface area (Å²) in [5.41, 5.74) is 6.57. The third-order valence-corrected chi connectivity index (χ3v) is 3.06. The highest BCUT2D eigenvalue weighted by atomic mass is 19.1. The Morgan fingerprint density at radius 3 is 2.70 bits per heavy atom. The lowest BCUT2D eigenvalue weighted by Gasteiger charge is -2.24. The first-order valence-electron chi connectivity index (χ1n) is 7.10. The van der Waals surface area contributed by atoms with Crippen LogP contribution < -0.4 is 16.0 Å². The molecule has 0 radical (unpaired) electrons. The van der Waals surface area contributed by atoms with Gasteiger partial charge in [0, 0.05) is 13.1 Å². The molecule has 0 saturated heterocycles. The topological polar surface area (TPSA) is 58.4 Å². The number of carbonyl (C=O) groups excluding carboxylic acids is 1. The molecule has 0 atom stereocenters. The van der Waals surface area contributed by atoms with Gasteiger partial charge in [0.25, 0.3) is 0 Å². The summed E-state index contributed by atoms with van der Waals surface area (Å²) >= 11 is 0. The maximum absolute atomic E-state index is 14.2. The molecular formula is C15H24FN3O. The van der Waals surface area contributed by atoms with Gasteiger partial charge in [-0.15, -0.1) is 0 Å². The highest BCUT2D eigenvalue weighted by molar-refractivity contribution is 5.79. The molecule has 0 unspecified atom stereocenters. The molecular weight excluding hydrogens is 257 g/mol. The molecule has 0 aliphatic heterocycles. The predicted octanol–water partition coefficient (Wildman–Crippen LogP) is 2.03. The molecule has 1 amide bonds. The Labute approximate surface area is 120 Å². The third kappa shape index (κ3) is 5.17. The average Bonchev–Trinajstić information content (AvgIpc) is 2.41. The van der Waals surface area contributed by atoms with Crippen LogP contribution in [-0.2, 0) is 11.3 Å². The molecule has 0 saturated carbocycles. The molecule has 0 fully saturated rings. The number of hydrogen-bond acceptors (Lipinski definition) is 3. The Morgan fingerprint density at radius 1 is 1.40 bits per heavy atom. The van der Waals surface area contributed by atoms with Crippen molar-refractivity contribution in [3.8, 4) is 0 Å². The average molecular weight is 281 g/mol. The molecule has 0 heterocycles. The van der Waals surface area contributed by atoms with Crippen LogP contribution in [0.2, 0.25) is 0 Å². The second-order valence-corrected chi connectivity index (χ2v) is 4.81. The van der Waals surface area contributed by atoms with Crippen LogP contribution in [0, 0.1) is 5.82 Å². The lowest BCUT2D eigenvalue weighted by molar-refractivity contribution is -0.116. The van der Waals surface area contributed by atoms with Crippen LogP contribution in [0.5, 0.6) is 0 Å². The Bertz CT molecular complexity index is 437. The summed E-state index contributed by atoms with van der Waals surface area (Å²) in [6.45, 7) is 6.21. The minimum Gasteiger partial charge on any atom is -0.368 e. The van der Waals surface area contributed by atoms with Crippen molar-refractivity contribution in [2.75, 3.05) is 24.5 Å². The summed E-state index contributed by atoms with van der Waals surface area (Å²) in [7, 11) is 0. The number of anilines is 1. The fraction of sp³-hybridized carbons (Fsp3) is 0.533. The Hall–Kier alpha value is -1.62. The third-order valence-electron chi connectivity index (χ3n) is 3.06. The van der Waals surface area contributed by atoms with Crippen molar-refractivity contribution in [3.05, 3.63) is 29.6 Å². The summed E-state index contributed by atoms with van der Waals surface area (Å²) in [5.74, 6) is -0.755. The largest absolute Gasteiger partial charge is 0.368 e. The van der Waals surface area contributed by atoms with Crippen LogP contribution in [0.1, 0.15) is 32.3 Å². The summed E-state index contributed by atoms with van der Waals surface area (Å²) in [4.78, 5) is 12.8. The van der Waals surface area contributed by atoms with E-state index >= 15 is 0 Å². The van der Waals surface area contributed by atoms with Crippen LogP contribution >= 0.6 is 0 Å². The maximum Gasteiger partial charge on any atom is 0.236 e. The second kappa shape index (κ2) is 8.53. The zero-order chi connectivity index (χ0) is 15.0. The number of amides is 1. The van der Waals surface area contributed by atoms with E-state index in [0.29, 0.717) is 18.8 Å².